The van der Waals surface area contributed by atoms with E-state index in [-0.39, 0.29) is 11.5 Å². The molecule has 2 aromatic heterocycles. The largest absolute Gasteiger partial charge is 0.610 e. The fourth-order valence-corrected chi connectivity index (χ4v) is 3.65. The van der Waals surface area contributed by atoms with Crippen molar-refractivity contribution >= 4 is 28.0 Å². The van der Waals surface area contributed by atoms with Gasteiger partial charge in [0, 0.05) is 34.6 Å². The highest BCUT2D eigenvalue weighted by Gasteiger charge is 2.17. The predicted octanol–water partition coefficient (Wildman–Crippen LogP) is 3.50. The van der Waals surface area contributed by atoms with E-state index in [0.29, 0.717) is 27.5 Å². The van der Waals surface area contributed by atoms with E-state index >= 15 is 0 Å². The number of H-pyrrole nitrogens is 1. The van der Waals surface area contributed by atoms with Gasteiger partial charge in [0.05, 0.1) is 11.0 Å². The Labute approximate surface area is 153 Å². The minimum absolute atomic E-state index is 0.0471. The van der Waals surface area contributed by atoms with Crippen molar-refractivity contribution < 1.29 is 9.35 Å². The number of nitrogens with one attached hydrogen (secondary N) is 1. The van der Waals surface area contributed by atoms with E-state index in [4.69, 9.17) is 0 Å². The van der Waals surface area contributed by atoms with Crippen LogP contribution in [0.1, 0.15) is 21.7 Å². The van der Waals surface area contributed by atoms with Gasteiger partial charge in [0.25, 0.3) is 0 Å². The number of fused-ring (bicyclic) bond motifs is 1. The number of carbonyl (C=O) groups is 1. The number of carbonyl (C=O) groups excluding carboxylic acids is 1. The summed E-state index contributed by atoms with van der Waals surface area (Å²) in [7, 11) is 0. The molecule has 4 aromatic rings. The van der Waals surface area contributed by atoms with Gasteiger partial charge in [-0.3, -0.25) is 4.79 Å². The molecule has 6 heteroatoms. The molecule has 0 bridgehead atoms. The van der Waals surface area contributed by atoms with E-state index < -0.39 is 11.2 Å². The minimum atomic E-state index is -1.28. The summed E-state index contributed by atoms with van der Waals surface area (Å²) < 4.78 is 12.4. The van der Waals surface area contributed by atoms with E-state index in [9.17, 15) is 9.35 Å². The molecule has 1 N–H and O–H groups in total. The molecule has 0 saturated carbocycles. The molecule has 4 rings (SSSR count). The third kappa shape index (κ3) is 3.37. The fourth-order valence-electron chi connectivity index (χ4n) is 2.70. The number of benzene rings is 2. The van der Waals surface area contributed by atoms with Crippen LogP contribution in [-0.2, 0) is 16.9 Å². The maximum Gasteiger partial charge on any atom is 0.244 e. The van der Waals surface area contributed by atoms with Crippen LogP contribution in [0.4, 0.5) is 0 Å². The predicted molar refractivity (Wildman–Crippen MR) is 100 cm³/mol. The van der Waals surface area contributed by atoms with E-state index in [0.717, 1.165) is 5.52 Å². The highest BCUT2D eigenvalue weighted by Crippen LogP contribution is 2.19. The molecule has 1 atom stereocenters. The van der Waals surface area contributed by atoms with Crippen LogP contribution in [0, 0.1) is 0 Å². The van der Waals surface area contributed by atoms with Gasteiger partial charge in [-0.25, -0.2) is 9.97 Å². The van der Waals surface area contributed by atoms with Gasteiger partial charge in [0.1, 0.15) is 0 Å². The van der Waals surface area contributed by atoms with Crippen LogP contribution < -0.4 is 0 Å². The quantitative estimate of drug-likeness (QED) is 0.436. The van der Waals surface area contributed by atoms with Crippen LogP contribution in [-0.4, -0.2) is 25.3 Å². The maximum atomic E-state index is 12.6. The van der Waals surface area contributed by atoms with Crippen molar-refractivity contribution in [1.29, 1.82) is 0 Å². The summed E-state index contributed by atoms with van der Waals surface area (Å²) in [4.78, 5) is 24.3. The van der Waals surface area contributed by atoms with Gasteiger partial charge in [-0.1, -0.05) is 36.4 Å². The van der Waals surface area contributed by atoms with E-state index in [1.165, 1.54) is 0 Å². The molecule has 2 heterocycles. The second-order valence-corrected chi connectivity index (χ2v) is 7.17. The second-order valence-electron chi connectivity index (χ2n) is 5.77. The number of ketones is 1. The number of imidazole rings is 1. The molecule has 0 aliphatic carbocycles. The topological polar surface area (TPSA) is 81.7 Å². The lowest BCUT2D eigenvalue weighted by Gasteiger charge is -2.06. The second kappa shape index (κ2) is 7.11. The lowest BCUT2D eigenvalue weighted by atomic mass is 10.0. The Kier molecular flexibility index (Phi) is 4.51. The first-order valence-electron chi connectivity index (χ1n) is 8.08. The Morgan fingerprint density at radius 3 is 2.58 bits per heavy atom. The molecule has 5 nitrogen and oxygen atoms in total. The highest BCUT2D eigenvalue weighted by atomic mass is 32.2. The van der Waals surface area contributed by atoms with Crippen molar-refractivity contribution in [3.63, 3.8) is 0 Å². The van der Waals surface area contributed by atoms with Crippen molar-refractivity contribution in [2.24, 2.45) is 0 Å². The molecule has 0 aliphatic heterocycles. The van der Waals surface area contributed by atoms with Gasteiger partial charge in [-0.05, 0) is 24.3 Å². The smallest absolute Gasteiger partial charge is 0.244 e. The number of aromatic nitrogens is 3. The Bertz CT molecular complexity index is 1050. The lowest BCUT2D eigenvalue weighted by Crippen LogP contribution is -2.07. The first-order valence-corrected chi connectivity index (χ1v) is 9.40. The number of aromatic amines is 1. The standard InChI is InChI=1S/C20H15N3O2S/c24-20(14-6-2-1-3-7-14)15-9-10-16-17(12-15)23-18(22-16)13-26(25)19-8-4-5-11-21-19/h1-12H,13H2,(H,22,23). The minimum Gasteiger partial charge on any atom is -0.610 e. The Balaban J connectivity index is 1.59. The number of rotatable bonds is 5. The van der Waals surface area contributed by atoms with Gasteiger partial charge >= 0.3 is 0 Å². The molecule has 1 unspecified atom stereocenters. The number of hydrogen-bond acceptors (Lipinski definition) is 4. The van der Waals surface area contributed by atoms with Gasteiger partial charge in [-0.15, -0.1) is 0 Å². The molecule has 2 aromatic carbocycles. The van der Waals surface area contributed by atoms with Crippen LogP contribution in [0.25, 0.3) is 11.0 Å². The summed E-state index contributed by atoms with van der Waals surface area (Å²) in [6.45, 7) is 0. The molecular weight excluding hydrogens is 346 g/mol. The van der Waals surface area contributed by atoms with E-state index in [1.807, 2.05) is 24.3 Å². The first kappa shape index (κ1) is 16.5. The average molecular weight is 361 g/mol. The normalized spacial score (nSPS) is 12.2. The van der Waals surface area contributed by atoms with E-state index in [2.05, 4.69) is 15.0 Å². The number of nitrogens with zero attached hydrogens (tertiary/aromatic N) is 2. The third-order valence-corrected chi connectivity index (χ3v) is 5.21. The zero-order chi connectivity index (χ0) is 17.9. The molecule has 128 valence electrons. The van der Waals surface area contributed by atoms with Gasteiger partial charge < -0.3 is 9.54 Å². The Morgan fingerprint density at radius 1 is 1.00 bits per heavy atom. The van der Waals surface area contributed by atoms with Crippen LogP contribution in [0.2, 0.25) is 0 Å². The summed E-state index contributed by atoms with van der Waals surface area (Å²) >= 11 is -1.28. The average Bonchev–Trinajstić information content (AvgIpc) is 3.10. The molecule has 0 aliphatic rings. The third-order valence-electron chi connectivity index (χ3n) is 3.97. The lowest BCUT2D eigenvalue weighted by molar-refractivity contribution is 0.103. The molecule has 0 amide bonds. The SMILES string of the molecule is O=C(c1ccccc1)c1ccc2[nH]c(C[S+]([O-])c3ccccn3)nc2c1. The van der Waals surface area contributed by atoms with E-state index in [1.54, 1.807) is 48.7 Å². The number of pyridine rings is 1. The summed E-state index contributed by atoms with van der Waals surface area (Å²) in [5.41, 5.74) is 2.70. The molecule has 0 spiro atoms. The van der Waals surface area contributed by atoms with Crippen molar-refractivity contribution in [1.82, 2.24) is 15.0 Å². The van der Waals surface area contributed by atoms with Crippen LogP contribution >= 0.6 is 0 Å². The van der Waals surface area contributed by atoms with Crippen molar-refractivity contribution in [2.75, 3.05) is 0 Å². The van der Waals surface area contributed by atoms with Crippen LogP contribution in [0.5, 0.6) is 0 Å². The van der Waals surface area contributed by atoms with Gasteiger partial charge in [0.2, 0.25) is 5.03 Å². The summed E-state index contributed by atoms with van der Waals surface area (Å²) in [5.74, 6) is 0.801. The monoisotopic (exact) mass is 361 g/mol. The summed E-state index contributed by atoms with van der Waals surface area (Å²) in [6.07, 6.45) is 1.62. The van der Waals surface area contributed by atoms with Crippen LogP contribution in [0.3, 0.4) is 0 Å². The number of hydrogen-bond donors (Lipinski definition) is 1. The Morgan fingerprint density at radius 2 is 1.81 bits per heavy atom. The van der Waals surface area contributed by atoms with Crippen molar-refractivity contribution in [3.8, 4) is 0 Å². The highest BCUT2D eigenvalue weighted by molar-refractivity contribution is 7.90. The molecule has 0 saturated heterocycles. The first-order chi connectivity index (χ1) is 12.7. The molecular formula is C20H15N3O2S. The fraction of sp³-hybridized carbons (Fsp3) is 0.0500. The molecule has 0 radical (unpaired) electrons. The maximum absolute atomic E-state index is 12.6. The zero-order valence-electron chi connectivity index (χ0n) is 13.8. The summed E-state index contributed by atoms with van der Waals surface area (Å²) in [5, 5.41) is 0.521. The Hall–Kier alpha value is -2.96. The van der Waals surface area contributed by atoms with Crippen molar-refractivity contribution in [3.05, 3.63) is 89.9 Å². The molecule has 26 heavy (non-hydrogen) atoms. The van der Waals surface area contributed by atoms with Gasteiger partial charge in [-0.2, -0.15) is 0 Å². The van der Waals surface area contributed by atoms with Crippen LogP contribution in [0.15, 0.2) is 78.0 Å². The van der Waals surface area contributed by atoms with Crippen molar-refractivity contribution in [2.45, 2.75) is 10.8 Å². The summed E-state index contributed by atoms with van der Waals surface area (Å²) in [6, 6.07) is 19.8. The molecule has 0 fully saturated rings. The van der Waals surface area contributed by atoms with Gasteiger partial charge in [0.15, 0.2) is 17.4 Å². The zero-order valence-corrected chi connectivity index (χ0v) is 14.6.